The fourth-order valence-corrected chi connectivity index (χ4v) is 6.21. The van der Waals surface area contributed by atoms with Gasteiger partial charge in [0.2, 0.25) is 15.9 Å². The normalized spacial score (nSPS) is 20.4. The molecule has 8 heteroatoms. The van der Waals surface area contributed by atoms with Crippen LogP contribution in [0.15, 0.2) is 53.4 Å². The molecule has 33 heavy (non-hydrogen) atoms. The summed E-state index contributed by atoms with van der Waals surface area (Å²) in [6.45, 7) is 10.3. The van der Waals surface area contributed by atoms with E-state index in [4.69, 9.17) is 0 Å². The van der Waals surface area contributed by atoms with Crippen LogP contribution in [0.2, 0.25) is 0 Å². The van der Waals surface area contributed by atoms with Crippen LogP contribution in [0.1, 0.15) is 24.5 Å². The summed E-state index contributed by atoms with van der Waals surface area (Å²) in [5, 5.41) is 0. The summed E-state index contributed by atoms with van der Waals surface area (Å²) >= 11 is 0. The maximum atomic E-state index is 13.5. The number of aryl methyl sites for hydroxylation is 2. The number of nitrogens with zero attached hydrogens (tertiary/aromatic N) is 4. The highest BCUT2D eigenvalue weighted by Crippen LogP contribution is 2.26. The first kappa shape index (κ1) is 23.7. The van der Waals surface area contributed by atoms with Crippen LogP contribution >= 0.6 is 0 Å². The maximum absolute atomic E-state index is 13.5. The lowest BCUT2D eigenvalue weighted by Crippen LogP contribution is -2.54. The van der Waals surface area contributed by atoms with Crippen LogP contribution in [-0.2, 0) is 14.8 Å². The van der Waals surface area contributed by atoms with E-state index in [2.05, 4.69) is 43.9 Å². The molecule has 4 rings (SSSR count). The number of carbonyl (C=O) groups excluding carboxylic acids is 1. The Labute approximate surface area is 197 Å². The summed E-state index contributed by atoms with van der Waals surface area (Å²) in [4.78, 5) is 20.0. The van der Waals surface area contributed by atoms with Crippen molar-refractivity contribution in [3.8, 4) is 0 Å². The topological polar surface area (TPSA) is 64.2 Å². The second-order valence-electron chi connectivity index (χ2n) is 9.02. The molecule has 2 aliphatic rings. The van der Waals surface area contributed by atoms with Gasteiger partial charge in [-0.2, -0.15) is 4.31 Å². The highest BCUT2D eigenvalue weighted by Gasteiger charge is 2.42. The molecule has 0 saturated carbocycles. The molecule has 0 radical (unpaired) electrons. The first-order valence-electron chi connectivity index (χ1n) is 11.7. The molecule has 7 nitrogen and oxygen atoms in total. The van der Waals surface area contributed by atoms with Gasteiger partial charge in [0, 0.05) is 38.4 Å². The van der Waals surface area contributed by atoms with Crippen LogP contribution in [0, 0.1) is 13.8 Å². The number of benzene rings is 2. The molecule has 1 atom stereocenters. The Hall–Kier alpha value is -2.42. The van der Waals surface area contributed by atoms with Gasteiger partial charge in [-0.1, -0.05) is 37.3 Å². The van der Waals surface area contributed by atoms with Gasteiger partial charge in [0.15, 0.2) is 0 Å². The lowest BCUT2D eigenvalue weighted by molar-refractivity contribution is -0.135. The van der Waals surface area contributed by atoms with E-state index >= 15 is 0 Å². The van der Waals surface area contributed by atoms with Gasteiger partial charge in [0.1, 0.15) is 6.04 Å². The minimum Gasteiger partial charge on any atom is -0.368 e. The van der Waals surface area contributed by atoms with Crippen molar-refractivity contribution in [1.29, 1.82) is 0 Å². The molecule has 1 amide bonds. The van der Waals surface area contributed by atoms with Crippen LogP contribution in [0.25, 0.3) is 0 Å². The maximum Gasteiger partial charge on any atom is 0.244 e. The van der Waals surface area contributed by atoms with Gasteiger partial charge < -0.3 is 9.80 Å². The van der Waals surface area contributed by atoms with Crippen LogP contribution in [0.4, 0.5) is 5.69 Å². The number of hydrogen-bond acceptors (Lipinski definition) is 5. The van der Waals surface area contributed by atoms with E-state index in [1.165, 1.54) is 21.1 Å². The Kier molecular flexibility index (Phi) is 7.07. The molecule has 0 spiro atoms. The molecule has 1 unspecified atom stereocenters. The zero-order valence-electron chi connectivity index (χ0n) is 19.8. The number of hydrogen-bond donors (Lipinski definition) is 0. The molecular formula is C25H34N4O3S. The number of rotatable bonds is 6. The Bertz CT molecular complexity index is 1080. The molecular weight excluding hydrogens is 436 g/mol. The highest BCUT2D eigenvalue weighted by molar-refractivity contribution is 7.89. The van der Waals surface area contributed by atoms with Crippen molar-refractivity contribution in [2.24, 2.45) is 0 Å². The van der Waals surface area contributed by atoms with E-state index < -0.39 is 16.1 Å². The van der Waals surface area contributed by atoms with Crippen molar-refractivity contribution < 1.29 is 13.2 Å². The SMILES string of the molecule is CCCN1CN(S(=O)(=O)c2ccccc2)CC1C(=O)N1CCN(c2cc(C)ccc2C)CC1. The minimum atomic E-state index is -3.63. The van der Waals surface area contributed by atoms with E-state index in [0.717, 1.165) is 19.5 Å². The molecule has 2 heterocycles. The van der Waals surface area contributed by atoms with Gasteiger partial charge in [0.25, 0.3) is 0 Å². The highest BCUT2D eigenvalue weighted by atomic mass is 32.2. The Morgan fingerprint density at radius 1 is 1.00 bits per heavy atom. The monoisotopic (exact) mass is 470 g/mol. The average molecular weight is 471 g/mol. The van der Waals surface area contributed by atoms with E-state index in [1.54, 1.807) is 30.3 Å². The second-order valence-corrected chi connectivity index (χ2v) is 11.0. The lowest BCUT2D eigenvalue weighted by Gasteiger charge is -2.38. The second kappa shape index (κ2) is 9.83. The lowest BCUT2D eigenvalue weighted by atomic mass is 10.1. The molecule has 2 aromatic carbocycles. The van der Waals surface area contributed by atoms with Gasteiger partial charge in [-0.05, 0) is 56.1 Å². The third kappa shape index (κ3) is 4.93. The van der Waals surface area contributed by atoms with Crippen molar-refractivity contribution in [2.75, 3.05) is 50.8 Å². The van der Waals surface area contributed by atoms with Crippen molar-refractivity contribution in [2.45, 2.75) is 38.1 Å². The van der Waals surface area contributed by atoms with Crippen LogP contribution in [0.3, 0.4) is 0 Å². The average Bonchev–Trinajstić information content (AvgIpc) is 3.26. The summed E-state index contributed by atoms with van der Waals surface area (Å²) < 4.78 is 27.8. The van der Waals surface area contributed by atoms with Crippen LogP contribution < -0.4 is 4.90 Å². The predicted octanol–water partition coefficient (Wildman–Crippen LogP) is 2.69. The van der Waals surface area contributed by atoms with E-state index in [1.807, 2.05) is 9.80 Å². The van der Waals surface area contributed by atoms with Gasteiger partial charge in [0.05, 0.1) is 11.6 Å². The van der Waals surface area contributed by atoms with E-state index in [0.29, 0.717) is 19.6 Å². The summed E-state index contributed by atoms with van der Waals surface area (Å²) in [7, 11) is -3.63. The fourth-order valence-electron chi connectivity index (χ4n) is 4.77. The Morgan fingerprint density at radius 2 is 1.70 bits per heavy atom. The molecule has 2 saturated heterocycles. The summed E-state index contributed by atoms with van der Waals surface area (Å²) in [5.74, 6) is 0.0369. The zero-order valence-corrected chi connectivity index (χ0v) is 20.6. The molecule has 0 aliphatic carbocycles. The van der Waals surface area contributed by atoms with Gasteiger partial charge in [-0.3, -0.25) is 9.69 Å². The molecule has 2 aromatic rings. The van der Waals surface area contributed by atoms with Gasteiger partial charge in [-0.15, -0.1) is 0 Å². The summed E-state index contributed by atoms with van der Waals surface area (Å²) in [5.41, 5.74) is 3.71. The quantitative estimate of drug-likeness (QED) is 0.650. The Morgan fingerprint density at radius 3 is 2.36 bits per heavy atom. The van der Waals surface area contributed by atoms with Crippen molar-refractivity contribution in [3.05, 3.63) is 59.7 Å². The third-order valence-electron chi connectivity index (χ3n) is 6.63. The third-order valence-corrected chi connectivity index (χ3v) is 8.44. The molecule has 178 valence electrons. The van der Waals surface area contributed by atoms with Crippen LogP contribution in [-0.4, -0.2) is 80.4 Å². The first-order chi connectivity index (χ1) is 15.8. The number of sulfonamides is 1. The fraction of sp³-hybridized carbons (Fsp3) is 0.480. The first-order valence-corrected chi connectivity index (χ1v) is 13.2. The van der Waals surface area contributed by atoms with E-state index in [-0.39, 0.29) is 24.0 Å². The standard InChI is InChI=1S/C25H34N4O3S/c1-4-12-28-19-29(33(31,32)22-8-6-5-7-9-22)18-24(28)25(30)27-15-13-26(14-16-27)23-17-20(2)10-11-21(23)3/h5-11,17,24H,4,12-16,18-19H2,1-3H3. The number of anilines is 1. The van der Waals surface area contributed by atoms with Crippen molar-refractivity contribution in [3.63, 3.8) is 0 Å². The zero-order chi connectivity index (χ0) is 23.6. The minimum absolute atomic E-state index is 0.0369. The van der Waals surface area contributed by atoms with Gasteiger partial charge in [-0.25, -0.2) is 8.42 Å². The summed E-state index contributed by atoms with van der Waals surface area (Å²) in [6, 6.07) is 14.5. The van der Waals surface area contributed by atoms with Crippen LogP contribution in [0.5, 0.6) is 0 Å². The molecule has 2 aliphatic heterocycles. The molecule has 0 bridgehead atoms. The number of amides is 1. The molecule has 0 N–H and O–H groups in total. The van der Waals surface area contributed by atoms with E-state index in [9.17, 15) is 13.2 Å². The number of piperazine rings is 1. The predicted molar refractivity (Wildman–Crippen MR) is 131 cm³/mol. The Balaban J connectivity index is 1.45. The number of carbonyl (C=O) groups is 1. The van der Waals surface area contributed by atoms with Gasteiger partial charge >= 0.3 is 0 Å². The smallest absolute Gasteiger partial charge is 0.244 e. The largest absolute Gasteiger partial charge is 0.368 e. The summed E-state index contributed by atoms with van der Waals surface area (Å²) in [6.07, 6.45) is 0.865. The molecule has 0 aromatic heterocycles. The molecule has 2 fully saturated rings. The van der Waals surface area contributed by atoms with Crippen molar-refractivity contribution >= 4 is 21.6 Å². The van der Waals surface area contributed by atoms with Crippen molar-refractivity contribution in [1.82, 2.24) is 14.1 Å².